The first-order chi connectivity index (χ1) is 8.74. The Hall–Kier alpha value is 0.270. The van der Waals surface area contributed by atoms with Gasteiger partial charge in [-0.3, -0.25) is 4.90 Å². The third-order valence-electron chi connectivity index (χ3n) is 5.15. The second-order valence-electron chi connectivity index (χ2n) is 6.03. The standard InChI is InChI=1S/C15H30N2S/c1-3-14-8-5-4-6-10-17(14)15(12-16)9-7-11-18-13(15)2/h13-14H,3-12,16H2,1-2H3. The Kier molecular flexibility index (Phi) is 5.40. The van der Waals surface area contributed by atoms with E-state index < -0.39 is 0 Å². The van der Waals surface area contributed by atoms with E-state index in [-0.39, 0.29) is 5.54 Å². The Morgan fingerprint density at radius 1 is 1.28 bits per heavy atom. The maximum absolute atomic E-state index is 6.27. The molecule has 0 aromatic carbocycles. The summed E-state index contributed by atoms with van der Waals surface area (Å²) in [5.74, 6) is 1.33. The fourth-order valence-electron chi connectivity index (χ4n) is 3.95. The molecule has 0 aromatic rings. The average Bonchev–Trinajstić information content (AvgIpc) is 2.65. The van der Waals surface area contributed by atoms with Gasteiger partial charge in [-0.1, -0.05) is 26.7 Å². The lowest BCUT2D eigenvalue weighted by Gasteiger charge is -2.52. The van der Waals surface area contributed by atoms with E-state index in [2.05, 4.69) is 30.5 Å². The molecule has 0 radical (unpaired) electrons. The van der Waals surface area contributed by atoms with Crippen molar-refractivity contribution in [3.05, 3.63) is 0 Å². The zero-order valence-corrected chi connectivity index (χ0v) is 13.0. The van der Waals surface area contributed by atoms with Gasteiger partial charge >= 0.3 is 0 Å². The summed E-state index contributed by atoms with van der Waals surface area (Å²) in [6.45, 7) is 6.89. The summed E-state index contributed by atoms with van der Waals surface area (Å²) in [6.07, 6.45) is 9.53. The number of rotatable bonds is 3. The average molecular weight is 270 g/mol. The topological polar surface area (TPSA) is 29.3 Å². The van der Waals surface area contributed by atoms with Crippen LogP contribution in [-0.2, 0) is 0 Å². The van der Waals surface area contributed by atoms with Crippen LogP contribution in [0.5, 0.6) is 0 Å². The van der Waals surface area contributed by atoms with Crippen molar-refractivity contribution in [3.8, 4) is 0 Å². The Morgan fingerprint density at radius 3 is 2.78 bits per heavy atom. The van der Waals surface area contributed by atoms with Crippen molar-refractivity contribution in [2.45, 2.75) is 75.6 Å². The van der Waals surface area contributed by atoms with Gasteiger partial charge in [0.15, 0.2) is 0 Å². The molecule has 3 atom stereocenters. The molecule has 3 unspecified atom stereocenters. The minimum absolute atomic E-state index is 0.286. The van der Waals surface area contributed by atoms with E-state index in [9.17, 15) is 0 Å². The maximum atomic E-state index is 6.27. The predicted octanol–water partition coefficient (Wildman–Crippen LogP) is 3.25. The molecule has 0 aliphatic carbocycles. The molecule has 106 valence electrons. The van der Waals surface area contributed by atoms with Crippen LogP contribution in [0.3, 0.4) is 0 Å². The molecular formula is C15H30N2S. The van der Waals surface area contributed by atoms with Crippen molar-refractivity contribution >= 4 is 11.8 Å². The van der Waals surface area contributed by atoms with Crippen molar-refractivity contribution in [2.24, 2.45) is 5.73 Å². The van der Waals surface area contributed by atoms with Crippen molar-refractivity contribution in [2.75, 3.05) is 18.8 Å². The highest BCUT2D eigenvalue weighted by Crippen LogP contribution is 2.41. The highest BCUT2D eigenvalue weighted by Gasteiger charge is 2.44. The van der Waals surface area contributed by atoms with Crippen molar-refractivity contribution < 1.29 is 0 Å². The van der Waals surface area contributed by atoms with E-state index >= 15 is 0 Å². The van der Waals surface area contributed by atoms with Crippen molar-refractivity contribution in [3.63, 3.8) is 0 Å². The number of nitrogens with two attached hydrogens (primary N) is 1. The van der Waals surface area contributed by atoms with Crippen LogP contribution in [0.1, 0.15) is 58.8 Å². The molecule has 0 saturated carbocycles. The molecule has 18 heavy (non-hydrogen) atoms. The van der Waals surface area contributed by atoms with E-state index in [0.717, 1.165) is 12.6 Å². The molecule has 0 aromatic heterocycles. The lowest BCUT2D eigenvalue weighted by molar-refractivity contribution is 0.0384. The van der Waals surface area contributed by atoms with Crippen molar-refractivity contribution in [1.82, 2.24) is 4.90 Å². The maximum Gasteiger partial charge on any atom is 0.0450 e. The third-order valence-corrected chi connectivity index (χ3v) is 6.62. The van der Waals surface area contributed by atoms with Crippen LogP contribution < -0.4 is 5.73 Å². The zero-order valence-electron chi connectivity index (χ0n) is 12.2. The first-order valence-electron chi connectivity index (χ1n) is 7.83. The van der Waals surface area contributed by atoms with E-state index in [0.29, 0.717) is 5.25 Å². The number of nitrogens with zero attached hydrogens (tertiary/aromatic N) is 1. The van der Waals surface area contributed by atoms with Crippen LogP contribution in [0, 0.1) is 0 Å². The van der Waals surface area contributed by atoms with Gasteiger partial charge in [0.2, 0.25) is 0 Å². The SMILES string of the molecule is CCC1CCCCCN1C1(CN)CCCSC1C. The van der Waals surface area contributed by atoms with Crippen LogP contribution in [0.25, 0.3) is 0 Å². The zero-order chi connectivity index (χ0) is 13.0. The fourth-order valence-corrected chi connectivity index (χ4v) is 5.27. The summed E-state index contributed by atoms with van der Waals surface area (Å²) < 4.78 is 0. The summed E-state index contributed by atoms with van der Waals surface area (Å²) >= 11 is 2.14. The van der Waals surface area contributed by atoms with Crippen LogP contribution >= 0.6 is 11.8 Å². The Labute approximate surface area is 117 Å². The summed E-state index contributed by atoms with van der Waals surface area (Å²) in [4.78, 5) is 2.83. The van der Waals surface area contributed by atoms with Gasteiger partial charge in [0.1, 0.15) is 0 Å². The van der Waals surface area contributed by atoms with Gasteiger partial charge in [-0.05, 0) is 44.4 Å². The van der Waals surface area contributed by atoms with Gasteiger partial charge in [0, 0.05) is 23.4 Å². The van der Waals surface area contributed by atoms with E-state index in [1.165, 1.54) is 57.2 Å². The van der Waals surface area contributed by atoms with Crippen LogP contribution in [-0.4, -0.2) is 40.6 Å². The molecular weight excluding hydrogens is 240 g/mol. The molecule has 2 nitrogen and oxygen atoms in total. The normalized spacial score (nSPS) is 39.5. The number of hydrogen-bond donors (Lipinski definition) is 1. The third kappa shape index (κ3) is 2.73. The monoisotopic (exact) mass is 270 g/mol. The minimum atomic E-state index is 0.286. The highest BCUT2D eigenvalue weighted by atomic mass is 32.2. The lowest BCUT2D eigenvalue weighted by atomic mass is 9.85. The van der Waals surface area contributed by atoms with Gasteiger partial charge in [-0.2, -0.15) is 11.8 Å². The molecule has 0 spiro atoms. The molecule has 2 N–H and O–H groups in total. The molecule has 2 rings (SSSR count). The molecule has 2 saturated heterocycles. The smallest absolute Gasteiger partial charge is 0.0450 e. The first-order valence-corrected chi connectivity index (χ1v) is 8.88. The molecule has 2 fully saturated rings. The van der Waals surface area contributed by atoms with E-state index in [1.54, 1.807) is 0 Å². The second kappa shape index (κ2) is 6.62. The van der Waals surface area contributed by atoms with Crippen LogP contribution in [0.2, 0.25) is 0 Å². The van der Waals surface area contributed by atoms with Gasteiger partial charge in [0.05, 0.1) is 0 Å². The van der Waals surface area contributed by atoms with Crippen molar-refractivity contribution in [1.29, 1.82) is 0 Å². The molecule has 3 heteroatoms. The molecule has 0 bridgehead atoms. The van der Waals surface area contributed by atoms with E-state index in [1.807, 2.05) is 0 Å². The minimum Gasteiger partial charge on any atom is -0.329 e. The van der Waals surface area contributed by atoms with Gasteiger partial charge in [-0.25, -0.2) is 0 Å². The summed E-state index contributed by atoms with van der Waals surface area (Å²) in [6, 6.07) is 0.775. The number of hydrogen-bond acceptors (Lipinski definition) is 3. The number of likely N-dealkylation sites (tertiary alicyclic amines) is 1. The Morgan fingerprint density at radius 2 is 2.11 bits per heavy atom. The van der Waals surface area contributed by atoms with Gasteiger partial charge in [0.25, 0.3) is 0 Å². The Balaban J connectivity index is 2.21. The summed E-state index contributed by atoms with van der Waals surface area (Å²) in [7, 11) is 0. The molecule has 2 heterocycles. The fraction of sp³-hybridized carbons (Fsp3) is 1.00. The predicted molar refractivity (Wildman–Crippen MR) is 82.2 cm³/mol. The number of thioether (sulfide) groups is 1. The summed E-state index contributed by atoms with van der Waals surface area (Å²) in [5, 5.41) is 0.698. The largest absolute Gasteiger partial charge is 0.329 e. The van der Waals surface area contributed by atoms with Crippen LogP contribution in [0.15, 0.2) is 0 Å². The summed E-state index contributed by atoms with van der Waals surface area (Å²) in [5.41, 5.74) is 6.56. The van der Waals surface area contributed by atoms with Gasteiger partial charge < -0.3 is 5.73 Å². The van der Waals surface area contributed by atoms with Gasteiger partial charge in [-0.15, -0.1) is 0 Å². The second-order valence-corrected chi connectivity index (χ2v) is 7.48. The molecule has 2 aliphatic rings. The quantitative estimate of drug-likeness (QED) is 0.853. The Bertz CT molecular complexity index is 259. The first kappa shape index (κ1) is 14.7. The van der Waals surface area contributed by atoms with E-state index in [4.69, 9.17) is 5.73 Å². The van der Waals surface area contributed by atoms with Crippen LogP contribution in [0.4, 0.5) is 0 Å². The highest BCUT2D eigenvalue weighted by molar-refractivity contribution is 8.00. The lowest BCUT2D eigenvalue weighted by Crippen LogP contribution is -2.63. The molecule has 0 amide bonds. The molecule has 2 aliphatic heterocycles.